The smallest absolute Gasteiger partial charge is 0.315 e. The van der Waals surface area contributed by atoms with Crippen molar-refractivity contribution < 1.29 is 13.9 Å². The molecule has 1 saturated carbocycles. The third kappa shape index (κ3) is 2.86. The highest BCUT2D eigenvalue weighted by Crippen LogP contribution is 2.32. The Hall–Kier alpha value is -1.78. The SMILES string of the molecule is O=C(NC1CCCCC1)NC1COc2ccc(F)cc21. The predicted molar refractivity (Wildman–Crippen MR) is 73.2 cm³/mol. The summed E-state index contributed by atoms with van der Waals surface area (Å²) in [5, 5.41) is 5.86. The Labute approximate surface area is 117 Å². The molecule has 0 radical (unpaired) electrons. The van der Waals surface area contributed by atoms with Gasteiger partial charge >= 0.3 is 6.03 Å². The van der Waals surface area contributed by atoms with E-state index < -0.39 is 0 Å². The molecule has 1 aromatic carbocycles. The molecule has 1 aliphatic carbocycles. The molecule has 2 aliphatic rings. The Morgan fingerprint density at radius 2 is 2.00 bits per heavy atom. The average Bonchev–Trinajstić information content (AvgIpc) is 2.82. The van der Waals surface area contributed by atoms with Crippen LogP contribution in [0.1, 0.15) is 43.7 Å². The number of hydrogen-bond donors (Lipinski definition) is 2. The highest BCUT2D eigenvalue weighted by atomic mass is 19.1. The quantitative estimate of drug-likeness (QED) is 0.874. The number of carbonyl (C=O) groups excluding carboxylic acids is 1. The van der Waals surface area contributed by atoms with Crippen molar-refractivity contribution >= 4 is 6.03 Å². The van der Waals surface area contributed by atoms with Crippen molar-refractivity contribution in [3.8, 4) is 5.75 Å². The number of carbonyl (C=O) groups is 1. The van der Waals surface area contributed by atoms with Crippen LogP contribution in [0.4, 0.5) is 9.18 Å². The van der Waals surface area contributed by atoms with Crippen LogP contribution in [0.5, 0.6) is 5.75 Å². The molecule has 0 spiro atoms. The lowest BCUT2D eigenvalue weighted by molar-refractivity contribution is 0.224. The van der Waals surface area contributed by atoms with Gasteiger partial charge in [0.1, 0.15) is 18.2 Å². The molecule has 1 unspecified atom stereocenters. The van der Waals surface area contributed by atoms with E-state index in [-0.39, 0.29) is 23.9 Å². The molecule has 2 amide bonds. The highest BCUT2D eigenvalue weighted by molar-refractivity contribution is 5.75. The van der Waals surface area contributed by atoms with Crippen LogP contribution < -0.4 is 15.4 Å². The number of hydrogen-bond acceptors (Lipinski definition) is 2. The summed E-state index contributed by atoms with van der Waals surface area (Å²) in [5.74, 6) is 0.336. The number of amides is 2. The first-order valence-corrected chi connectivity index (χ1v) is 7.21. The van der Waals surface area contributed by atoms with Crippen molar-refractivity contribution in [2.45, 2.75) is 44.2 Å². The number of urea groups is 1. The van der Waals surface area contributed by atoms with Gasteiger partial charge < -0.3 is 15.4 Å². The van der Waals surface area contributed by atoms with Crippen LogP contribution in [0.15, 0.2) is 18.2 Å². The van der Waals surface area contributed by atoms with E-state index in [1.165, 1.54) is 31.4 Å². The molecule has 4 nitrogen and oxygen atoms in total. The fourth-order valence-electron chi connectivity index (χ4n) is 2.94. The van der Waals surface area contributed by atoms with Crippen molar-refractivity contribution in [1.82, 2.24) is 10.6 Å². The van der Waals surface area contributed by atoms with Crippen LogP contribution in [0.3, 0.4) is 0 Å². The first kappa shape index (κ1) is 13.2. The molecule has 1 heterocycles. The second kappa shape index (κ2) is 5.69. The third-order valence-electron chi connectivity index (χ3n) is 4.00. The molecule has 1 atom stereocenters. The van der Waals surface area contributed by atoms with E-state index in [4.69, 9.17) is 4.74 Å². The number of fused-ring (bicyclic) bond motifs is 1. The molecule has 0 bridgehead atoms. The molecule has 1 aliphatic heterocycles. The largest absolute Gasteiger partial charge is 0.491 e. The molecule has 0 saturated heterocycles. The van der Waals surface area contributed by atoms with E-state index in [9.17, 15) is 9.18 Å². The van der Waals surface area contributed by atoms with Gasteiger partial charge in [0.2, 0.25) is 0 Å². The lowest BCUT2D eigenvalue weighted by atomic mass is 9.96. The van der Waals surface area contributed by atoms with Gasteiger partial charge in [0.25, 0.3) is 0 Å². The summed E-state index contributed by atoms with van der Waals surface area (Å²) in [6.45, 7) is 0.358. The molecule has 3 rings (SSSR count). The maximum absolute atomic E-state index is 13.3. The van der Waals surface area contributed by atoms with Crippen molar-refractivity contribution in [2.24, 2.45) is 0 Å². The van der Waals surface area contributed by atoms with E-state index in [1.54, 1.807) is 6.07 Å². The van der Waals surface area contributed by atoms with Gasteiger partial charge in [0.05, 0.1) is 6.04 Å². The molecule has 1 fully saturated rings. The zero-order valence-corrected chi connectivity index (χ0v) is 11.3. The van der Waals surface area contributed by atoms with Gasteiger partial charge in [0.15, 0.2) is 0 Å². The lowest BCUT2D eigenvalue weighted by Crippen LogP contribution is -2.44. The van der Waals surface area contributed by atoms with E-state index in [0.717, 1.165) is 12.8 Å². The van der Waals surface area contributed by atoms with Crippen LogP contribution in [0.25, 0.3) is 0 Å². The number of rotatable bonds is 2. The van der Waals surface area contributed by atoms with Crippen LogP contribution in [-0.2, 0) is 0 Å². The van der Waals surface area contributed by atoms with Gasteiger partial charge in [-0.05, 0) is 31.0 Å². The van der Waals surface area contributed by atoms with Crippen molar-refractivity contribution in [1.29, 1.82) is 0 Å². The molecule has 20 heavy (non-hydrogen) atoms. The summed E-state index contributed by atoms with van der Waals surface area (Å²) in [7, 11) is 0. The van der Waals surface area contributed by atoms with Crippen LogP contribution in [0.2, 0.25) is 0 Å². The number of nitrogens with one attached hydrogen (secondary N) is 2. The van der Waals surface area contributed by atoms with Gasteiger partial charge in [-0.1, -0.05) is 19.3 Å². The van der Waals surface area contributed by atoms with Gasteiger partial charge in [0, 0.05) is 11.6 Å². The Kier molecular flexibility index (Phi) is 3.76. The van der Waals surface area contributed by atoms with Crippen molar-refractivity contribution in [3.63, 3.8) is 0 Å². The number of halogens is 1. The summed E-state index contributed by atoms with van der Waals surface area (Å²) in [5.41, 5.74) is 0.712. The summed E-state index contributed by atoms with van der Waals surface area (Å²) in [6, 6.07) is 4.19. The minimum Gasteiger partial charge on any atom is -0.491 e. The van der Waals surface area contributed by atoms with Crippen LogP contribution in [0, 0.1) is 5.82 Å². The van der Waals surface area contributed by atoms with Crippen molar-refractivity contribution in [3.05, 3.63) is 29.6 Å². The Morgan fingerprint density at radius 3 is 2.80 bits per heavy atom. The summed E-state index contributed by atoms with van der Waals surface area (Å²) in [4.78, 5) is 12.0. The summed E-state index contributed by atoms with van der Waals surface area (Å²) < 4.78 is 18.7. The fourth-order valence-corrected chi connectivity index (χ4v) is 2.94. The number of ether oxygens (including phenoxy) is 1. The lowest BCUT2D eigenvalue weighted by Gasteiger charge is -2.23. The second-order valence-corrected chi connectivity index (χ2v) is 5.50. The Bertz CT molecular complexity index is 501. The van der Waals surface area contributed by atoms with Gasteiger partial charge in [-0.2, -0.15) is 0 Å². The summed E-state index contributed by atoms with van der Waals surface area (Å²) >= 11 is 0. The van der Waals surface area contributed by atoms with E-state index >= 15 is 0 Å². The van der Waals surface area contributed by atoms with E-state index in [1.807, 2.05) is 0 Å². The first-order chi connectivity index (χ1) is 9.72. The van der Waals surface area contributed by atoms with Gasteiger partial charge in [-0.3, -0.25) is 0 Å². The van der Waals surface area contributed by atoms with Gasteiger partial charge in [-0.15, -0.1) is 0 Å². The minimum absolute atomic E-state index is 0.192. The molecule has 2 N–H and O–H groups in total. The zero-order valence-electron chi connectivity index (χ0n) is 11.3. The summed E-state index contributed by atoms with van der Waals surface area (Å²) in [6.07, 6.45) is 5.68. The second-order valence-electron chi connectivity index (χ2n) is 5.50. The maximum Gasteiger partial charge on any atom is 0.315 e. The minimum atomic E-state index is -0.311. The van der Waals surface area contributed by atoms with E-state index in [2.05, 4.69) is 10.6 Å². The average molecular weight is 278 g/mol. The predicted octanol–water partition coefficient (Wildman–Crippen LogP) is 2.89. The topological polar surface area (TPSA) is 50.4 Å². The molecule has 0 aromatic heterocycles. The molecular weight excluding hydrogens is 259 g/mol. The zero-order chi connectivity index (χ0) is 13.9. The maximum atomic E-state index is 13.3. The van der Waals surface area contributed by atoms with Crippen LogP contribution >= 0.6 is 0 Å². The Morgan fingerprint density at radius 1 is 1.20 bits per heavy atom. The fraction of sp³-hybridized carbons (Fsp3) is 0.533. The molecule has 1 aromatic rings. The van der Waals surface area contributed by atoms with Gasteiger partial charge in [-0.25, -0.2) is 9.18 Å². The monoisotopic (exact) mass is 278 g/mol. The standard InChI is InChI=1S/C15H19FN2O2/c16-10-6-7-14-12(8-10)13(9-20-14)18-15(19)17-11-4-2-1-3-5-11/h6-8,11,13H,1-5,9H2,(H2,17,18,19). The first-order valence-electron chi connectivity index (χ1n) is 7.21. The highest BCUT2D eigenvalue weighted by Gasteiger charge is 2.27. The van der Waals surface area contributed by atoms with E-state index in [0.29, 0.717) is 17.9 Å². The number of benzene rings is 1. The third-order valence-corrected chi connectivity index (χ3v) is 4.00. The molecule has 5 heteroatoms. The van der Waals surface area contributed by atoms with Crippen LogP contribution in [-0.4, -0.2) is 18.7 Å². The molecule has 108 valence electrons. The Balaban J connectivity index is 1.59. The van der Waals surface area contributed by atoms with Crippen molar-refractivity contribution in [2.75, 3.05) is 6.61 Å². The molecular formula is C15H19FN2O2. The normalized spacial score (nSPS) is 21.9.